The molecule has 9 nitrogen and oxygen atoms in total. The van der Waals surface area contributed by atoms with Crippen LogP contribution in [0.3, 0.4) is 0 Å². The Morgan fingerprint density at radius 2 is 1.52 bits per heavy atom. The monoisotopic (exact) mass is 570 g/mol. The largest absolute Gasteiger partial charge is 0.465 e. The van der Waals surface area contributed by atoms with Crippen molar-refractivity contribution in [2.75, 3.05) is 32.7 Å². The molecule has 0 radical (unpaired) electrons. The molecule has 0 bridgehead atoms. The van der Waals surface area contributed by atoms with Gasteiger partial charge >= 0.3 is 12.1 Å². The Labute approximate surface area is 245 Å². The van der Waals surface area contributed by atoms with Gasteiger partial charge in [-0.1, -0.05) is 73.5 Å². The van der Waals surface area contributed by atoms with E-state index in [4.69, 9.17) is 0 Å². The SMILES string of the molecule is O=C(O)N1CCN(C(=O)N2CCC(O)(Cn3ccc(-c4ccccc4)cc3=O)C3(CCCC3)C2)C(c2ccccc2)C1. The van der Waals surface area contributed by atoms with Gasteiger partial charge < -0.3 is 29.5 Å². The number of aliphatic hydroxyl groups is 1. The Morgan fingerprint density at radius 1 is 0.833 bits per heavy atom. The summed E-state index contributed by atoms with van der Waals surface area (Å²) in [5.41, 5.74) is 0.925. The predicted octanol–water partition coefficient (Wildman–Crippen LogP) is 4.67. The van der Waals surface area contributed by atoms with Gasteiger partial charge in [0, 0.05) is 50.4 Å². The number of nitrogens with zero attached hydrogens (tertiary/aromatic N) is 4. The van der Waals surface area contributed by atoms with Crippen LogP contribution in [0.1, 0.15) is 43.7 Å². The number of carboxylic acid groups (broad SMARTS) is 1. The van der Waals surface area contributed by atoms with Gasteiger partial charge in [-0.25, -0.2) is 9.59 Å². The minimum atomic E-state index is -1.13. The molecule has 220 valence electrons. The minimum Gasteiger partial charge on any atom is -0.465 e. The number of hydrogen-bond acceptors (Lipinski definition) is 4. The lowest BCUT2D eigenvalue weighted by Gasteiger charge is -2.53. The number of aromatic nitrogens is 1. The first-order valence-electron chi connectivity index (χ1n) is 14.9. The van der Waals surface area contributed by atoms with Gasteiger partial charge in [0.1, 0.15) is 0 Å². The highest BCUT2D eigenvalue weighted by Gasteiger charge is 2.56. The van der Waals surface area contributed by atoms with Gasteiger partial charge in [0.25, 0.3) is 5.56 Å². The molecule has 2 saturated heterocycles. The van der Waals surface area contributed by atoms with E-state index >= 15 is 0 Å². The van der Waals surface area contributed by atoms with Crippen LogP contribution in [0, 0.1) is 5.41 Å². The van der Waals surface area contributed by atoms with Crippen LogP contribution in [0.15, 0.2) is 83.8 Å². The summed E-state index contributed by atoms with van der Waals surface area (Å²) in [7, 11) is 0. The topological polar surface area (TPSA) is 106 Å². The molecule has 3 amide bonds. The fourth-order valence-corrected chi connectivity index (χ4v) is 7.32. The van der Waals surface area contributed by atoms with E-state index in [0.29, 0.717) is 26.1 Å². The fourth-order valence-electron chi connectivity index (χ4n) is 7.32. The Morgan fingerprint density at radius 3 is 2.19 bits per heavy atom. The average Bonchev–Trinajstić information content (AvgIpc) is 3.50. The van der Waals surface area contributed by atoms with E-state index in [0.717, 1.165) is 42.4 Å². The van der Waals surface area contributed by atoms with E-state index in [2.05, 4.69) is 0 Å². The third kappa shape index (κ3) is 5.17. The van der Waals surface area contributed by atoms with E-state index in [1.54, 1.807) is 21.7 Å². The highest BCUT2D eigenvalue weighted by atomic mass is 16.4. The summed E-state index contributed by atoms with van der Waals surface area (Å²) in [6, 6.07) is 22.4. The Balaban J connectivity index is 1.23. The third-order valence-electron chi connectivity index (χ3n) is 9.72. The van der Waals surface area contributed by atoms with Crippen molar-refractivity contribution < 1.29 is 19.8 Å². The standard InChI is InChI=1S/C33H38N4O5/c38-29-21-27(25-9-3-1-4-10-25)13-17-35(29)24-33(42)16-18-36(23-32(33)14-7-8-15-32)30(39)37-20-19-34(31(40)41)22-28(37)26-11-5-2-6-12-26/h1-6,9-13,17,21,28,42H,7-8,14-16,18-20,22-24H2,(H,40,41). The van der Waals surface area contributed by atoms with E-state index in [9.17, 15) is 24.6 Å². The number of piperidine rings is 1. The lowest BCUT2D eigenvalue weighted by atomic mass is 9.66. The number of amides is 3. The summed E-state index contributed by atoms with van der Waals surface area (Å²) in [6.07, 6.45) is 4.68. The van der Waals surface area contributed by atoms with Gasteiger partial charge in [0.15, 0.2) is 0 Å². The molecular weight excluding hydrogens is 532 g/mol. The van der Waals surface area contributed by atoms with Crippen molar-refractivity contribution in [1.29, 1.82) is 0 Å². The van der Waals surface area contributed by atoms with E-state index in [-0.39, 0.29) is 37.3 Å². The number of pyridine rings is 1. The molecule has 2 unspecified atom stereocenters. The second-order valence-electron chi connectivity index (χ2n) is 12.1. The molecule has 42 heavy (non-hydrogen) atoms. The summed E-state index contributed by atoms with van der Waals surface area (Å²) in [4.78, 5) is 44.1. The Kier molecular flexibility index (Phi) is 7.53. The van der Waals surface area contributed by atoms with Gasteiger partial charge in [-0.05, 0) is 42.0 Å². The molecule has 1 spiro atoms. The number of hydrogen-bond donors (Lipinski definition) is 2. The first-order valence-corrected chi connectivity index (χ1v) is 14.9. The number of urea groups is 1. The van der Waals surface area contributed by atoms with Crippen LogP contribution in [0.5, 0.6) is 0 Å². The molecule has 3 aromatic rings. The average molecular weight is 571 g/mol. The summed E-state index contributed by atoms with van der Waals surface area (Å²) in [5, 5.41) is 21.9. The smallest absolute Gasteiger partial charge is 0.407 e. The van der Waals surface area contributed by atoms with E-state index in [1.165, 1.54) is 4.90 Å². The zero-order chi connectivity index (χ0) is 29.3. The van der Waals surface area contributed by atoms with Gasteiger partial charge in [-0.2, -0.15) is 0 Å². The molecule has 2 aromatic carbocycles. The molecule has 9 heteroatoms. The highest BCUT2D eigenvalue weighted by molar-refractivity contribution is 5.76. The van der Waals surface area contributed by atoms with Crippen LogP contribution in [-0.4, -0.2) is 79.9 Å². The molecule has 2 aliphatic heterocycles. The third-order valence-corrected chi connectivity index (χ3v) is 9.72. The van der Waals surface area contributed by atoms with Crippen LogP contribution in [0.4, 0.5) is 9.59 Å². The number of rotatable bonds is 4. The summed E-state index contributed by atoms with van der Waals surface area (Å²) >= 11 is 0. The molecule has 2 N–H and O–H groups in total. The van der Waals surface area contributed by atoms with Crippen molar-refractivity contribution in [3.05, 3.63) is 94.9 Å². The van der Waals surface area contributed by atoms with Crippen LogP contribution in [0.25, 0.3) is 11.1 Å². The maximum atomic E-state index is 14.1. The second kappa shape index (κ2) is 11.3. The quantitative estimate of drug-likeness (QED) is 0.474. The predicted molar refractivity (Wildman–Crippen MR) is 159 cm³/mol. The van der Waals surface area contributed by atoms with Gasteiger partial charge in [-0.3, -0.25) is 4.79 Å². The van der Waals surface area contributed by atoms with Crippen LogP contribution >= 0.6 is 0 Å². The Hall–Kier alpha value is -4.11. The summed E-state index contributed by atoms with van der Waals surface area (Å²) in [5.74, 6) is 0. The van der Waals surface area contributed by atoms with Crippen molar-refractivity contribution in [3.8, 4) is 11.1 Å². The van der Waals surface area contributed by atoms with Gasteiger partial charge in [0.05, 0.1) is 18.2 Å². The van der Waals surface area contributed by atoms with E-state index in [1.807, 2.05) is 71.6 Å². The molecule has 6 rings (SSSR count). The molecule has 1 aromatic heterocycles. The molecule has 3 heterocycles. The molecule has 3 fully saturated rings. The van der Waals surface area contributed by atoms with Crippen LogP contribution < -0.4 is 5.56 Å². The maximum Gasteiger partial charge on any atom is 0.407 e. The van der Waals surface area contributed by atoms with E-state index < -0.39 is 17.1 Å². The second-order valence-corrected chi connectivity index (χ2v) is 12.1. The summed E-state index contributed by atoms with van der Waals surface area (Å²) < 4.78 is 1.61. The molecule has 3 aliphatic rings. The number of likely N-dealkylation sites (tertiary alicyclic amines) is 1. The Bertz CT molecular complexity index is 1490. The van der Waals surface area contributed by atoms with Crippen molar-refractivity contribution in [2.24, 2.45) is 5.41 Å². The minimum absolute atomic E-state index is 0.119. The number of benzene rings is 2. The van der Waals surface area contributed by atoms with Gasteiger partial charge in [-0.15, -0.1) is 0 Å². The number of piperazine rings is 1. The van der Waals surface area contributed by atoms with Crippen molar-refractivity contribution in [2.45, 2.75) is 50.3 Å². The molecule has 2 atom stereocenters. The number of carbonyl (C=O) groups excluding carboxylic acids is 1. The summed E-state index contributed by atoms with van der Waals surface area (Å²) in [6.45, 7) is 1.76. The lowest BCUT2D eigenvalue weighted by Crippen LogP contribution is -2.64. The van der Waals surface area contributed by atoms with Crippen molar-refractivity contribution >= 4 is 12.1 Å². The van der Waals surface area contributed by atoms with Crippen molar-refractivity contribution in [1.82, 2.24) is 19.3 Å². The van der Waals surface area contributed by atoms with Crippen LogP contribution in [-0.2, 0) is 6.54 Å². The zero-order valence-electron chi connectivity index (χ0n) is 23.8. The lowest BCUT2D eigenvalue weighted by molar-refractivity contribution is -0.137. The fraction of sp³-hybridized carbons (Fsp3) is 0.424. The van der Waals surface area contributed by atoms with Crippen molar-refractivity contribution in [3.63, 3.8) is 0 Å². The first-order chi connectivity index (χ1) is 20.3. The zero-order valence-corrected chi connectivity index (χ0v) is 23.8. The molecule has 1 aliphatic carbocycles. The number of carbonyl (C=O) groups is 2. The normalized spacial score (nSPS) is 23.7. The molecule has 1 saturated carbocycles. The first kappa shape index (κ1) is 28.0. The highest BCUT2D eigenvalue weighted by Crippen LogP contribution is 2.52. The maximum absolute atomic E-state index is 14.1. The molecular formula is C33H38N4O5. The van der Waals surface area contributed by atoms with Gasteiger partial charge in [0.2, 0.25) is 0 Å². The van der Waals surface area contributed by atoms with Crippen LogP contribution in [0.2, 0.25) is 0 Å².